The van der Waals surface area contributed by atoms with Gasteiger partial charge < -0.3 is 20.4 Å². The second kappa shape index (κ2) is 6.01. The van der Waals surface area contributed by atoms with Crippen LogP contribution in [-0.4, -0.2) is 53.2 Å². The number of hydrogen-bond acceptors (Lipinski definition) is 4. The number of hydrogen-bond donors (Lipinski definition) is 4. The summed E-state index contributed by atoms with van der Waals surface area (Å²) >= 11 is 3.80. The maximum absolute atomic E-state index is 9.68. The van der Waals surface area contributed by atoms with Crippen LogP contribution in [0.3, 0.4) is 0 Å². The minimum Gasteiger partial charge on any atom is -0.390 e. The summed E-state index contributed by atoms with van der Waals surface area (Å²) in [6.07, 6.45) is -3.39. The monoisotopic (exact) mass is 416 g/mol. The average Bonchev–Trinajstić information content (AvgIpc) is 2.13. The van der Waals surface area contributed by atoms with Crippen LogP contribution in [0.2, 0.25) is 0 Å². The van der Waals surface area contributed by atoms with Crippen LogP contribution in [0.25, 0.3) is 0 Å². The third-order valence-electron chi connectivity index (χ3n) is 1.94. The van der Waals surface area contributed by atoms with E-state index in [1.165, 1.54) is 6.92 Å². The normalized spacial score (nSPS) is 23.3. The van der Waals surface area contributed by atoms with Crippen LogP contribution in [-0.2, 0) is 0 Å². The van der Waals surface area contributed by atoms with Gasteiger partial charge in [-0.15, -0.1) is 0 Å². The number of aliphatic hydroxyl groups excluding tert-OH is 3. The Bertz CT molecular complexity index is 153. The molecule has 0 radical (unpaired) electrons. The van der Waals surface area contributed by atoms with Crippen LogP contribution in [0, 0.1) is 0 Å². The summed E-state index contributed by atoms with van der Waals surface area (Å²) < 4.78 is 0.610. The lowest BCUT2D eigenvalue weighted by Crippen LogP contribution is -2.55. The minimum absolute atomic E-state index is 0.301. The van der Waals surface area contributed by atoms with Gasteiger partial charge in [-0.2, -0.15) is 0 Å². The van der Waals surface area contributed by atoms with E-state index in [0.29, 0.717) is 8.86 Å². The van der Waals surface area contributed by atoms with E-state index in [9.17, 15) is 20.4 Å². The molecule has 80 valence electrons. The number of rotatable bonds is 5. The van der Waals surface area contributed by atoms with Crippen LogP contribution in [0.1, 0.15) is 6.92 Å². The molecule has 4 nitrogen and oxygen atoms in total. The maximum Gasteiger partial charge on any atom is 0.117 e. The molecule has 6 heteroatoms. The summed E-state index contributed by atoms with van der Waals surface area (Å²) in [6.45, 7) is 1.32. The Balaban J connectivity index is 4.42. The fraction of sp³-hybridized carbons (Fsp3) is 1.00. The van der Waals surface area contributed by atoms with Crippen LogP contribution in [0.5, 0.6) is 0 Å². The van der Waals surface area contributed by atoms with E-state index in [4.69, 9.17) is 0 Å². The molecular formula is C7H14I2O4. The van der Waals surface area contributed by atoms with Gasteiger partial charge in [0.1, 0.15) is 11.7 Å². The zero-order valence-electron chi connectivity index (χ0n) is 7.19. The van der Waals surface area contributed by atoms with Crippen molar-refractivity contribution in [3.05, 3.63) is 0 Å². The molecule has 0 bridgehead atoms. The molecule has 0 aromatic rings. The van der Waals surface area contributed by atoms with Crippen LogP contribution in [0.4, 0.5) is 0 Å². The molecule has 0 aromatic carbocycles. The Hall–Kier alpha value is 1.30. The molecule has 0 spiro atoms. The van der Waals surface area contributed by atoms with Crippen molar-refractivity contribution in [3.8, 4) is 0 Å². The highest BCUT2D eigenvalue weighted by molar-refractivity contribution is 14.1. The molecule has 0 saturated carbocycles. The Kier molecular flexibility index (Phi) is 6.61. The third-order valence-corrected chi connectivity index (χ3v) is 3.68. The summed E-state index contributed by atoms with van der Waals surface area (Å²) in [5.74, 6) is 0. The first-order chi connectivity index (χ1) is 5.87. The van der Waals surface area contributed by atoms with Gasteiger partial charge in [0.15, 0.2) is 0 Å². The first-order valence-corrected chi connectivity index (χ1v) is 6.81. The summed E-state index contributed by atoms with van der Waals surface area (Å²) in [6, 6.07) is 0. The van der Waals surface area contributed by atoms with Crippen LogP contribution >= 0.6 is 45.2 Å². The van der Waals surface area contributed by atoms with E-state index < -0.39 is 23.9 Å². The quantitative estimate of drug-likeness (QED) is 0.367. The lowest BCUT2D eigenvalue weighted by Gasteiger charge is -2.34. The highest BCUT2D eigenvalue weighted by Crippen LogP contribution is 2.20. The van der Waals surface area contributed by atoms with Gasteiger partial charge in [-0.3, -0.25) is 0 Å². The summed E-state index contributed by atoms with van der Waals surface area (Å²) in [5, 5.41) is 37.8. The van der Waals surface area contributed by atoms with Gasteiger partial charge in [0.05, 0.1) is 12.2 Å². The van der Waals surface area contributed by atoms with Gasteiger partial charge in [-0.25, -0.2) is 0 Å². The van der Waals surface area contributed by atoms with E-state index in [0.717, 1.165) is 0 Å². The first-order valence-electron chi connectivity index (χ1n) is 3.76. The molecule has 13 heavy (non-hydrogen) atoms. The molecule has 4 unspecified atom stereocenters. The second-order valence-electron chi connectivity index (χ2n) is 3.06. The van der Waals surface area contributed by atoms with Gasteiger partial charge >= 0.3 is 0 Å². The van der Waals surface area contributed by atoms with Crippen LogP contribution < -0.4 is 0 Å². The van der Waals surface area contributed by atoms with Gasteiger partial charge in [-0.05, 0) is 6.92 Å². The molecule has 0 aliphatic heterocycles. The molecule has 4 N–H and O–H groups in total. The fourth-order valence-electron chi connectivity index (χ4n) is 0.827. The van der Waals surface area contributed by atoms with E-state index in [-0.39, 0.29) is 0 Å². The Morgan fingerprint density at radius 2 is 1.62 bits per heavy atom. The summed E-state index contributed by atoms with van der Waals surface area (Å²) in [5.41, 5.74) is -1.66. The lowest BCUT2D eigenvalue weighted by atomic mass is 9.90. The van der Waals surface area contributed by atoms with E-state index >= 15 is 0 Å². The van der Waals surface area contributed by atoms with Crippen molar-refractivity contribution in [3.63, 3.8) is 0 Å². The standard InChI is InChI=1S/C7H14I2O4/c1-7(13,5(11)3-9)6(12)4(10)2-8/h4-6,10-13H,2-3H2,1H3. The molecular weight excluding hydrogens is 402 g/mol. The van der Waals surface area contributed by atoms with Crippen LogP contribution in [0.15, 0.2) is 0 Å². The van der Waals surface area contributed by atoms with Crippen molar-refractivity contribution in [2.45, 2.75) is 30.8 Å². The molecule has 4 atom stereocenters. The van der Waals surface area contributed by atoms with Crippen molar-refractivity contribution in [1.29, 1.82) is 0 Å². The third kappa shape index (κ3) is 3.74. The number of halogens is 2. The van der Waals surface area contributed by atoms with Gasteiger partial charge in [0.25, 0.3) is 0 Å². The highest BCUT2D eigenvalue weighted by atomic mass is 127. The predicted molar refractivity (Wildman–Crippen MR) is 66.4 cm³/mol. The second-order valence-corrected chi connectivity index (χ2v) is 4.82. The molecule has 0 aromatic heterocycles. The van der Waals surface area contributed by atoms with E-state index in [1.807, 2.05) is 45.2 Å². The van der Waals surface area contributed by atoms with Gasteiger partial charge in [0.2, 0.25) is 0 Å². The molecule has 0 heterocycles. The fourth-order valence-corrected chi connectivity index (χ4v) is 2.20. The average molecular weight is 416 g/mol. The predicted octanol–water partition coefficient (Wildman–Crippen LogP) is -0.310. The Morgan fingerprint density at radius 1 is 1.15 bits per heavy atom. The topological polar surface area (TPSA) is 80.9 Å². The lowest BCUT2D eigenvalue weighted by molar-refractivity contribution is -0.155. The van der Waals surface area contributed by atoms with Crippen molar-refractivity contribution in [1.82, 2.24) is 0 Å². The molecule has 0 aliphatic rings. The van der Waals surface area contributed by atoms with Crippen molar-refractivity contribution < 1.29 is 20.4 Å². The Labute approximate surface area is 105 Å². The number of alkyl halides is 2. The summed E-state index contributed by atoms with van der Waals surface area (Å²) in [4.78, 5) is 0. The highest BCUT2D eigenvalue weighted by Gasteiger charge is 2.40. The summed E-state index contributed by atoms with van der Waals surface area (Å²) in [7, 11) is 0. The molecule has 0 rings (SSSR count). The molecule has 0 aliphatic carbocycles. The maximum atomic E-state index is 9.68. The van der Waals surface area contributed by atoms with Gasteiger partial charge in [-0.1, -0.05) is 45.2 Å². The SMILES string of the molecule is CC(O)(C(O)CI)C(O)C(O)CI. The van der Waals surface area contributed by atoms with Crippen molar-refractivity contribution >= 4 is 45.2 Å². The van der Waals surface area contributed by atoms with E-state index in [2.05, 4.69) is 0 Å². The van der Waals surface area contributed by atoms with Crippen molar-refractivity contribution in [2.75, 3.05) is 8.86 Å². The molecule has 0 amide bonds. The zero-order chi connectivity index (χ0) is 10.6. The zero-order valence-corrected chi connectivity index (χ0v) is 11.5. The first kappa shape index (κ1) is 14.3. The smallest absolute Gasteiger partial charge is 0.117 e. The van der Waals surface area contributed by atoms with Crippen molar-refractivity contribution in [2.24, 2.45) is 0 Å². The number of aliphatic hydroxyl groups is 4. The molecule has 0 saturated heterocycles. The largest absolute Gasteiger partial charge is 0.390 e. The molecule has 0 fully saturated rings. The van der Waals surface area contributed by atoms with Gasteiger partial charge in [0, 0.05) is 8.86 Å². The van der Waals surface area contributed by atoms with E-state index in [1.54, 1.807) is 0 Å². The Morgan fingerprint density at radius 3 is 1.92 bits per heavy atom. The minimum atomic E-state index is -1.66.